The van der Waals surface area contributed by atoms with E-state index >= 15 is 0 Å². The summed E-state index contributed by atoms with van der Waals surface area (Å²) in [7, 11) is 1.70. The largest absolute Gasteiger partial charge is 0.383 e. The number of nitrogens with one attached hydrogen (secondary N) is 2. The Balaban J connectivity index is 2.68. The number of rotatable bonds is 6. The molecule has 90 valence electrons. The number of hydrazine groups is 1. The molecule has 0 aliphatic carbocycles. The maximum Gasteiger partial charge on any atom is 0.142 e. The zero-order valence-corrected chi connectivity index (χ0v) is 10.0. The molecule has 4 N–H and O–H groups in total. The quantitative estimate of drug-likeness (QED) is 0.504. The summed E-state index contributed by atoms with van der Waals surface area (Å²) < 4.78 is 5.16. The highest BCUT2D eigenvalue weighted by Gasteiger charge is 2.13. The van der Waals surface area contributed by atoms with Gasteiger partial charge in [0.05, 0.1) is 12.6 Å². The molecule has 0 amide bonds. The number of hydrogen-bond donors (Lipinski definition) is 3. The highest BCUT2D eigenvalue weighted by atomic mass is 16.5. The summed E-state index contributed by atoms with van der Waals surface area (Å²) in [5.74, 6) is 7.21. The Morgan fingerprint density at radius 2 is 2.06 bits per heavy atom. The summed E-state index contributed by atoms with van der Waals surface area (Å²) in [5.41, 5.74) is 2.52. The molecule has 16 heavy (non-hydrogen) atoms. The van der Waals surface area contributed by atoms with Gasteiger partial charge in [-0.1, -0.05) is 19.9 Å². The number of methoxy groups -OCH3 is 1. The average Bonchev–Trinajstić information content (AvgIpc) is 2.28. The van der Waals surface area contributed by atoms with Gasteiger partial charge in [-0.05, 0) is 18.1 Å². The fourth-order valence-electron chi connectivity index (χ4n) is 1.37. The van der Waals surface area contributed by atoms with Crippen LogP contribution in [0.3, 0.4) is 0 Å². The van der Waals surface area contributed by atoms with E-state index in [0.29, 0.717) is 18.3 Å². The highest BCUT2D eigenvalue weighted by molar-refractivity contribution is 5.44. The maximum atomic E-state index is 5.30. The monoisotopic (exact) mass is 224 g/mol. The molecular weight excluding hydrogens is 204 g/mol. The molecule has 1 unspecified atom stereocenters. The second-order valence-corrected chi connectivity index (χ2v) is 4.00. The third-order valence-corrected chi connectivity index (χ3v) is 2.38. The molecule has 0 aliphatic heterocycles. The molecule has 1 heterocycles. The van der Waals surface area contributed by atoms with Crippen LogP contribution in [0.5, 0.6) is 0 Å². The van der Waals surface area contributed by atoms with Gasteiger partial charge >= 0.3 is 0 Å². The van der Waals surface area contributed by atoms with Crippen molar-refractivity contribution in [2.75, 3.05) is 24.5 Å². The van der Waals surface area contributed by atoms with E-state index < -0.39 is 0 Å². The number of nitrogens with zero attached hydrogens (tertiary/aromatic N) is 1. The Labute approximate surface area is 96.4 Å². The van der Waals surface area contributed by atoms with Crippen molar-refractivity contribution in [2.45, 2.75) is 19.9 Å². The number of ether oxygens (including phenoxy) is 1. The fourth-order valence-corrected chi connectivity index (χ4v) is 1.37. The molecule has 0 saturated carbocycles. The number of nitrogens with two attached hydrogens (primary N) is 1. The molecule has 0 radical (unpaired) electrons. The molecule has 1 atom stereocenters. The van der Waals surface area contributed by atoms with Gasteiger partial charge in [-0.2, -0.15) is 0 Å². The first-order valence-corrected chi connectivity index (χ1v) is 5.36. The van der Waals surface area contributed by atoms with Crippen LogP contribution in [0.15, 0.2) is 18.2 Å². The van der Waals surface area contributed by atoms with Crippen molar-refractivity contribution in [2.24, 2.45) is 11.8 Å². The van der Waals surface area contributed by atoms with E-state index in [-0.39, 0.29) is 6.04 Å². The zero-order valence-electron chi connectivity index (χ0n) is 10.0. The minimum absolute atomic E-state index is 0.241. The van der Waals surface area contributed by atoms with E-state index in [0.717, 1.165) is 5.82 Å². The maximum absolute atomic E-state index is 5.30. The van der Waals surface area contributed by atoms with Gasteiger partial charge in [-0.25, -0.2) is 10.8 Å². The van der Waals surface area contributed by atoms with Crippen LogP contribution in [0.4, 0.5) is 11.6 Å². The standard InChI is InChI=1S/C11H20N4O/c1-8(2)9(7-16-3)13-10-5-4-6-11(14-10)15-12/h4-6,8-9H,7,12H2,1-3H3,(H2,13,14,15). The molecule has 5 nitrogen and oxygen atoms in total. The van der Waals surface area contributed by atoms with E-state index in [2.05, 4.69) is 29.6 Å². The van der Waals surface area contributed by atoms with Crippen LogP contribution in [0, 0.1) is 5.92 Å². The highest BCUT2D eigenvalue weighted by Crippen LogP contribution is 2.13. The van der Waals surface area contributed by atoms with Gasteiger partial charge in [0.1, 0.15) is 11.6 Å². The smallest absolute Gasteiger partial charge is 0.142 e. The van der Waals surface area contributed by atoms with Crippen LogP contribution in [0.2, 0.25) is 0 Å². The van der Waals surface area contributed by atoms with Crippen molar-refractivity contribution in [3.05, 3.63) is 18.2 Å². The molecular formula is C11H20N4O. The predicted octanol–water partition coefficient (Wildman–Crippen LogP) is 1.45. The average molecular weight is 224 g/mol. The van der Waals surface area contributed by atoms with Crippen molar-refractivity contribution in [1.29, 1.82) is 0 Å². The number of aromatic nitrogens is 1. The minimum Gasteiger partial charge on any atom is -0.383 e. The third-order valence-electron chi connectivity index (χ3n) is 2.38. The molecule has 0 aliphatic rings. The zero-order chi connectivity index (χ0) is 12.0. The Morgan fingerprint density at radius 1 is 1.38 bits per heavy atom. The first-order valence-electron chi connectivity index (χ1n) is 5.36. The Hall–Kier alpha value is -1.33. The Bertz CT molecular complexity index is 317. The van der Waals surface area contributed by atoms with Crippen molar-refractivity contribution in [1.82, 2.24) is 4.98 Å². The van der Waals surface area contributed by atoms with Crippen LogP contribution >= 0.6 is 0 Å². The van der Waals surface area contributed by atoms with Gasteiger partial charge in [-0.3, -0.25) is 0 Å². The first-order chi connectivity index (χ1) is 7.67. The molecule has 0 saturated heterocycles. The first kappa shape index (κ1) is 12.7. The minimum atomic E-state index is 0.241. The molecule has 1 rings (SSSR count). The van der Waals surface area contributed by atoms with Crippen LogP contribution in [0.25, 0.3) is 0 Å². The van der Waals surface area contributed by atoms with Gasteiger partial charge in [0.25, 0.3) is 0 Å². The lowest BCUT2D eigenvalue weighted by Gasteiger charge is -2.22. The molecule has 0 bridgehead atoms. The van der Waals surface area contributed by atoms with E-state index in [1.807, 2.05) is 18.2 Å². The van der Waals surface area contributed by atoms with Crippen LogP contribution in [-0.4, -0.2) is 24.7 Å². The van der Waals surface area contributed by atoms with Crippen LogP contribution in [-0.2, 0) is 4.74 Å². The second-order valence-electron chi connectivity index (χ2n) is 4.00. The van der Waals surface area contributed by atoms with Gasteiger partial charge in [-0.15, -0.1) is 0 Å². The number of anilines is 2. The van der Waals surface area contributed by atoms with Crippen molar-refractivity contribution >= 4 is 11.6 Å². The van der Waals surface area contributed by atoms with E-state index in [9.17, 15) is 0 Å². The van der Waals surface area contributed by atoms with Gasteiger partial charge in [0, 0.05) is 7.11 Å². The summed E-state index contributed by atoms with van der Waals surface area (Å²) >= 11 is 0. The molecule has 1 aromatic rings. The molecule has 0 fully saturated rings. The second kappa shape index (κ2) is 6.30. The molecule has 0 spiro atoms. The van der Waals surface area contributed by atoms with Crippen molar-refractivity contribution in [3.8, 4) is 0 Å². The summed E-state index contributed by atoms with van der Waals surface area (Å²) in [6.45, 7) is 4.93. The van der Waals surface area contributed by atoms with Gasteiger partial charge < -0.3 is 15.5 Å². The van der Waals surface area contributed by atoms with Crippen molar-refractivity contribution in [3.63, 3.8) is 0 Å². The van der Waals surface area contributed by atoms with Crippen molar-refractivity contribution < 1.29 is 4.74 Å². The van der Waals surface area contributed by atoms with Gasteiger partial charge in [0.2, 0.25) is 0 Å². The molecule has 5 heteroatoms. The summed E-state index contributed by atoms with van der Waals surface area (Å²) in [6, 6.07) is 5.86. The molecule has 0 aromatic carbocycles. The van der Waals surface area contributed by atoms with Gasteiger partial charge in [0.15, 0.2) is 0 Å². The Kier molecular flexibility index (Phi) is 5.01. The number of pyridine rings is 1. The summed E-state index contributed by atoms with van der Waals surface area (Å²) in [4.78, 5) is 4.29. The van der Waals surface area contributed by atoms with E-state index in [1.165, 1.54) is 0 Å². The lowest BCUT2D eigenvalue weighted by molar-refractivity contribution is 0.171. The Morgan fingerprint density at radius 3 is 2.62 bits per heavy atom. The number of hydrogen-bond acceptors (Lipinski definition) is 5. The summed E-state index contributed by atoms with van der Waals surface area (Å²) in [5, 5.41) is 3.32. The third kappa shape index (κ3) is 3.67. The van der Waals surface area contributed by atoms with E-state index in [1.54, 1.807) is 7.11 Å². The predicted molar refractivity (Wildman–Crippen MR) is 66.2 cm³/mol. The van der Waals surface area contributed by atoms with E-state index in [4.69, 9.17) is 10.6 Å². The fraction of sp³-hybridized carbons (Fsp3) is 0.545. The summed E-state index contributed by atoms with van der Waals surface area (Å²) in [6.07, 6.45) is 0. The lowest BCUT2D eigenvalue weighted by atomic mass is 10.1. The SMILES string of the molecule is COCC(Nc1cccc(NN)n1)C(C)C. The normalized spacial score (nSPS) is 12.6. The topological polar surface area (TPSA) is 72.2 Å². The van der Waals surface area contributed by atoms with Crippen LogP contribution < -0.4 is 16.6 Å². The number of nitrogen functional groups attached to an aromatic ring is 1. The van der Waals surface area contributed by atoms with Crippen LogP contribution in [0.1, 0.15) is 13.8 Å². The molecule has 1 aromatic heterocycles. The lowest BCUT2D eigenvalue weighted by Crippen LogP contribution is -2.30.